The van der Waals surface area contributed by atoms with Gasteiger partial charge in [-0.1, -0.05) is 51.9 Å². The van der Waals surface area contributed by atoms with Gasteiger partial charge in [-0.05, 0) is 13.3 Å². The number of rotatable bonds is 20. The molecule has 0 bridgehead atoms. The zero-order valence-corrected chi connectivity index (χ0v) is 21.6. The summed E-state index contributed by atoms with van der Waals surface area (Å²) < 4.78 is 29.1. The van der Waals surface area contributed by atoms with E-state index in [1.807, 2.05) is 6.92 Å². The van der Waals surface area contributed by atoms with E-state index in [2.05, 4.69) is 21.0 Å². The van der Waals surface area contributed by atoms with Crippen molar-refractivity contribution in [2.24, 2.45) is 0 Å². The predicted molar refractivity (Wildman–Crippen MR) is 122 cm³/mol. The summed E-state index contributed by atoms with van der Waals surface area (Å²) >= 11 is 0. The maximum Gasteiger partial charge on any atom is 0.500 e. The fourth-order valence-corrected chi connectivity index (χ4v) is 5.42. The second kappa shape index (κ2) is 16.6. The van der Waals surface area contributed by atoms with Gasteiger partial charge in [0.1, 0.15) is 0 Å². The molecule has 0 aromatic rings. The van der Waals surface area contributed by atoms with Gasteiger partial charge in [-0.2, -0.15) is 0 Å². The van der Waals surface area contributed by atoms with Crippen LogP contribution in [-0.2, 0) is 22.8 Å². The molecule has 2 unspecified atom stereocenters. The summed E-state index contributed by atoms with van der Waals surface area (Å²) in [6, 6.07) is 0.808. The Morgan fingerprint density at radius 3 is 1.76 bits per heavy atom. The van der Waals surface area contributed by atoms with E-state index in [0.717, 1.165) is 29.9 Å². The van der Waals surface area contributed by atoms with Gasteiger partial charge in [-0.15, -0.1) is 0 Å². The summed E-state index contributed by atoms with van der Waals surface area (Å²) in [6.45, 7) is 5.21. The highest BCUT2D eigenvalue weighted by molar-refractivity contribution is 6.60. The Morgan fingerprint density at radius 1 is 0.759 bits per heavy atom. The quantitative estimate of drug-likeness (QED) is 0.114. The monoisotopic (exact) mass is 436 g/mol. The summed E-state index contributed by atoms with van der Waals surface area (Å²) in [5, 5.41) is 0. The summed E-state index contributed by atoms with van der Waals surface area (Å²) in [6.07, 6.45) is 12.5. The van der Waals surface area contributed by atoms with Crippen molar-refractivity contribution in [2.45, 2.75) is 96.6 Å². The molecule has 6 nitrogen and oxygen atoms in total. The Bertz CT molecular complexity index is 372. The smallest absolute Gasteiger partial charge is 0.377 e. The molecule has 176 valence electrons. The Hall–Kier alpha value is -0.0231. The lowest BCUT2D eigenvalue weighted by atomic mass is 10.1. The van der Waals surface area contributed by atoms with Crippen LogP contribution < -0.4 is 0 Å². The van der Waals surface area contributed by atoms with E-state index in [0.29, 0.717) is 0 Å². The van der Waals surface area contributed by atoms with Crippen LogP contribution in [0.5, 0.6) is 0 Å². The Balaban J connectivity index is 4.54. The average Bonchev–Trinajstić information content (AvgIpc) is 2.72. The highest BCUT2D eigenvalue weighted by Gasteiger charge is 2.39. The lowest BCUT2D eigenvalue weighted by molar-refractivity contribution is -0.940. The van der Waals surface area contributed by atoms with Crippen LogP contribution in [-0.4, -0.2) is 74.9 Å². The van der Waals surface area contributed by atoms with Crippen LogP contribution in [0.1, 0.15) is 78.1 Å². The van der Waals surface area contributed by atoms with Gasteiger partial charge in [0.25, 0.3) is 0 Å². The molecule has 0 aliphatic carbocycles. The van der Waals surface area contributed by atoms with Crippen molar-refractivity contribution in [3.8, 4) is 0 Å². The molecule has 0 N–H and O–H groups in total. The lowest BCUT2D eigenvalue weighted by Gasteiger charge is -2.39. The fourth-order valence-electron chi connectivity index (χ4n) is 3.72. The first kappa shape index (κ1) is 29.0. The molecule has 0 radical (unpaired) electrons. The molecule has 0 aromatic carbocycles. The summed E-state index contributed by atoms with van der Waals surface area (Å²) in [5.41, 5.74) is 0. The largest absolute Gasteiger partial charge is 0.500 e. The molecule has 2 atom stereocenters. The zero-order chi connectivity index (χ0) is 22.2. The molecule has 0 saturated carbocycles. The van der Waals surface area contributed by atoms with Crippen LogP contribution in [0.3, 0.4) is 0 Å². The number of hydrogen-bond donors (Lipinski definition) is 0. The minimum atomic E-state index is -2.52. The number of methoxy groups -OCH3 is 1. The van der Waals surface area contributed by atoms with Gasteiger partial charge in [-0.3, -0.25) is 0 Å². The third-order valence-corrected chi connectivity index (χ3v) is 8.75. The average molecular weight is 437 g/mol. The topological polar surface area (TPSA) is 46.2 Å². The molecule has 0 aromatic heterocycles. The van der Waals surface area contributed by atoms with Crippen LogP contribution >= 0.6 is 0 Å². The van der Waals surface area contributed by atoms with Gasteiger partial charge in [-0.25, -0.2) is 0 Å². The van der Waals surface area contributed by atoms with Crippen molar-refractivity contribution in [3.63, 3.8) is 0 Å². The second-order valence-corrected chi connectivity index (χ2v) is 11.6. The zero-order valence-electron chi connectivity index (χ0n) is 20.6. The molecular formula is C22H50NO5Si+. The molecule has 0 saturated heterocycles. The molecule has 0 rings (SSSR count). The van der Waals surface area contributed by atoms with E-state index in [1.165, 1.54) is 51.4 Å². The number of unbranched alkanes of at least 4 members (excludes halogenated alkanes) is 7. The van der Waals surface area contributed by atoms with Crippen LogP contribution in [0, 0.1) is 0 Å². The Labute approximate surface area is 182 Å². The highest BCUT2D eigenvalue weighted by atomic mass is 28.4. The molecule has 29 heavy (non-hydrogen) atoms. The molecule has 0 amide bonds. The van der Waals surface area contributed by atoms with Crippen molar-refractivity contribution >= 4 is 8.80 Å². The predicted octanol–water partition coefficient (Wildman–Crippen LogP) is 5.20. The Kier molecular flexibility index (Phi) is 16.6. The van der Waals surface area contributed by atoms with Crippen molar-refractivity contribution in [2.75, 3.05) is 49.1 Å². The van der Waals surface area contributed by atoms with Crippen LogP contribution in [0.4, 0.5) is 0 Å². The Morgan fingerprint density at radius 2 is 1.28 bits per heavy atom. The fraction of sp³-hybridized carbons (Fsp3) is 1.00. The van der Waals surface area contributed by atoms with Gasteiger partial charge in [0.15, 0.2) is 12.5 Å². The third-order valence-electron chi connectivity index (χ3n) is 5.92. The van der Waals surface area contributed by atoms with Crippen molar-refractivity contribution < 1.29 is 27.2 Å². The number of nitrogens with zero attached hydrogens (tertiary/aromatic N) is 1. The lowest BCUT2D eigenvalue weighted by Crippen LogP contribution is -2.52. The van der Waals surface area contributed by atoms with Crippen molar-refractivity contribution in [3.05, 3.63) is 0 Å². The molecule has 0 fully saturated rings. The first-order valence-electron chi connectivity index (χ1n) is 11.5. The van der Waals surface area contributed by atoms with Gasteiger partial charge < -0.3 is 27.2 Å². The second-order valence-electron chi connectivity index (χ2n) is 8.56. The molecule has 0 aliphatic rings. The van der Waals surface area contributed by atoms with E-state index in [9.17, 15) is 0 Å². The van der Waals surface area contributed by atoms with E-state index in [1.54, 1.807) is 28.4 Å². The standard InChI is InChI=1S/C22H50NO5Si/c1-9-10-11-12-13-14-15-16-18-22(28-21(2)24-5)23(3,4)19-17-20-29(25-6,26-7)27-8/h21-22H,9-20H2,1-8H3/q+1. The van der Waals surface area contributed by atoms with Crippen molar-refractivity contribution in [1.29, 1.82) is 0 Å². The summed E-state index contributed by atoms with van der Waals surface area (Å²) in [7, 11) is 8.70. The van der Waals surface area contributed by atoms with E-state index >= 15 is 0 Å². The molecular weight excluding hydrogens is 386 g/mol. The molecule has 7 heteroatoms. The highest BCUT2D eigenvalue weighted by Crippen LogP contribution is 2.22. The molecule has 0 heterocycles. The maximum atomic E-state index is 6.25. The molecule has 0 aliphatic heterocycles. The number of hydrogen-bond acceptors (Lipinski definition) is 5. The maximum absolute atomic E-state index is 6.25. The van der Waals surface area contributed by atoms with Gasteiger partial charge in [0, 0.05) is 47.3 Å². The van der Waals surface area contributed by atoms with E-state index < -0.39 is 8.80 Å². The van der Waals surface area contributed by atoms with Crippen LogP contribution in [0.15, 0.2) is 0 Å². The normalized spacial score (nSPS) is 14.9. The summed E-state index contributed by atoms with van der Waals surface area (Å²) in [5.74, 6) is 0. The number of quaternary nitrogens is 1. The van der Waals surface area contributed by atoms with Gasteiger partial charge in [0.2, 0.25) is 0 Å². The van der Waals surface area contributed by atoms with Crippen molar-refractivity contribution in [1.82, 2.24) is 0 Å². The first-order chi connectivity index (χ1) is 13.8. The SMILES string of the molecule is CCCCCCCCCCC(OC(C)OC)[N+](C)(C)CCC[Si](OC)(OC)OC. The van der Waals surface area contributed by atoms with E-state index in [-0.39, 0.29) is 12.5 Å². The van der Waals surface area contributed by atoms with Gasteiger partial charge >= 0.3 is 8.80 Å². The minimum absolute atomic E-state index is 0.119. The van der Waals surface area contributed by atoms with Gasteiger partial charge in [0.05, 0.1) is 20.6 Å². The third kappa shape index (κ3) is 12.4. The molecule has 0 spiro atoms. The first-order valence-corrected chi connectivity index (χ1v) is 13.4. The minimum Gasteiger partial charge on any atom is -0.377 e. The number of ether oxygens (including phenoxy) is 2. The van der Waals surface area contributed by atoms with E-state index in [4.69, 9.17) is 22.8 Å². The van der Waals surface area contributed by atoms with Crippen LogP contribution in [0.25, 0.3) is 0 Å². The summed E-state index contributed by atoms with van der Waals surface area (Å²) in [4.78, 5) is 0. The van der Waals surface area contributed by atoms with Crippen LogP contribution in [0.2, 0.25) is 6.04 Å².